The average molecular weight is 529 g/mol. The van der Waals surface area contributed by atoms with Gasteiger partial charge in [-0.05, 0) is 25.0 Å². The van der Waals surface area contributed by atoms with Crippen LogP contribution in [0.25, 0.3) is 0 Å². The molecule has 1 aliphatic rings. The van der Waals surface area contributed by atoms with Crippen LogP contribution in [0.1, 0.15) is 58.4 Å². The van der Waals surface area contributed by atoms with Gasteiger partial charge < -0.3 is 20.9 Å². The van der Waals surface area contributed by atoms with Gasteiger partial charge in [-0.1, -0.05) is 144 Å². The summed E-state index contributed by atoms with van der Waals surface area (Å²) in [7, 11) is 0. The first-order chi connectivity index (χ1) is 17.4. The van der Waals surface area contributed by atoms with Gasteiger partial charge in [0, 0.05) is 17.2 Å². The van der Waals surface area contributed by atoms with E-state index < -0.39 is 11.2 Å². The van der Waals surface area contributed by atoms with Gasteiger partial charge in [-0.2, -0.15) is 0 Å². The van der Waals surface area contributed by atoms with Crippen molar-refractivity contribution in [3.8, 4) is 0 Å². The van der Waals surface area contributed by atoms with E-state index in [4.69, 9.17) is 10.5 Å². The lowest BCUT2D eigenvalue weighted by atomic mass is 9.81. The number of hydrogen-bond acceptors (Lipinski definition) is 4. The van der Waals surface area contributed by atoms with Crippen molar-refractivity contribution in [2.24, 2.45) is 5.73 Å². The molecule has 4 aromatic rings. The number of nitrogens with one attached hydrogen (secondary N) is 1. The standard InChI is InChI=1S/C16H15NO2.C15H17NO.3CH4/c1-12-16(19-15(18)17-12,13-8-4-2-5-9-13)14-10-6-3-7-11-14;1-12(16)15(17,13-8-4-2-5-9-13)14-10-6-3-7-11-14;;;/h2-12H,1H3,(H,17,18);2-12,17H,16H2,1H3;3*1H4/t2*12-;;;/m00.../s1. The molecule has 0 saturated carbocycles. The number of ether oxygens (including phenoxy) is 1. The highest BCUT2D eigenvalue weighted by molar-refractivity contribution is 5.73. The smallest absolute Gasteiger partial charge is 0.408 e. The highest BCUT2D eigenvalue weighted by Crippen LogP contribution is 2.40. The molecule has 0 spiro atoms. The molecule has 0 aromatic heterocycles. The molecule has 0 bridgehead atoms. The van der Waals surface area contributed by atoms with Crippen LogP contribution >= 0.6 is 0 Å². The van der Waals surface area contributed by atoms with E-state index >= 15 is 0 Å². The quantitative estimate of drug-likeness (QED) is 0.255. The fourth-order valence-corrected chi connectivity index (χ4v) is 4.78. The summed E-state index contributed by atoms with van der Waals surface area (Å²) in [4.78, 5) is 11.7. The fourth-order valence-electron chi connectivity index (χ4n) is 4.78. The van der Waals surface area contributed by atoms with Crippen molar-refractivity contribution in [3.63, 3.8) is 0 Å². The summed E-state index contributed by atoms with van der Waals surface area (Å²) in [6.07, 6.45) is -0.375. The number of cyclic esters (lactones) is 1. The first-order valence-corrected chi connectivity index (χ1v) is 12.1. The summed E-state index contributed by atoms with van der Waals surface area (Å²) >= 11 is 0. The second-order valence-corrected chi connectivity index (χ2v) is 9.01. The number of aliphatic hydroxyl groups is 1. The lowest BCUT2D eigenvalue weighted by molar-refractivity contribution is 0.0579. The lowest BCUT2D eigenvalue weighted by Crippen LogP contribution is -2.44. The Balaban J connectivity index is 0.000000364. The summed E-state index contributed by atoms with van der Waals surface area (Å²) < 4.78 is 5.68. The van der Waals surface area contributed by atoms with E-state index in [1.54, 1.807) is 0 Å². The first-order valence-electron chi connectivity index (χ1n) is 12.1. The van der Waals surface area contributed by atoms with Gasteiger partial charge in [0.25, 0.3) is 0 Å². The van der Waals surface area contributed by atoms with Crippen molar-refractivity contribution in [1.82, 2.24) is 5.32 Å². The van der Waals surface area contributed by atoms with Crippen molar-refractivity contribution < 1.29 is 14.6 Å². The molecular weight excluding hydrogens is 484 g/mol. The Kier molecular flexibility index (Phi) is 12.1. The fraction of sp³-hybridized carbons (Fsp3) is 0.265. The molecule has 5 rings (SSSR count). The zero-order valence-electron chi connectivity index (χ0n) is 20.5. The molecule has 1 fully saturated rings. The SMILES string of the molecule is C.C.C.C[C@@H]1NC(=O)OC1(c1ccccc1)c1ccccc1.C[C@H](N)C(O)(c1ccccc1)c1ccccc1. The second-order valence-electron chi connectivity index (χ2n) is 9.01. The van der Waals surface area contributed by atoms with Gasteiger partial charge in [-0.3, -0.25) is 0 Å². The molecule has 0 unspecified atom stereocenters. The molecule has 5 heteroatoms. The van der Waals surface area contributed by atoms with Crippen molar-refractivity contribution in [2.75, 3.05) is 0 Å². The zero-order chi connectivity index (χ0) is 25.6. The third-order valence-electron chi connectivity index (χ3n) is 6.69. The highest BCUT2D eigenvalue weighted by atomic mass is 16.6. The molecule has 5 nitrogen and oxygen atoms in total. The van der Waals surface area contributed by atoms with Gasteiger partial charge in [-0.15, -0.1) is 0 Å². The molecule has 1 saturated heterocycles. The summed E-state index contributed by atoms with van der Waals surface area (Å²) in [5, 5.41) is 13.7. The number of hydrogen-bond donors (Lipinski definition) is 3. The predicted octanol–water partition coefficient (Wildman–Crippen LogP) is 7.24. The minimum absolute atomic E-state index is 0. The van der Waals surface area contributed by atoms with Gasteiger partial charge in [0.2, 0.25) is 0 Å². The van der Waals surface area contributed by atoms with Crippen LogP contribution in [0.3, 0.4) is 0 Å². The zero-order valence-corrected chi connectivity index (χ0v) is 20.5. The van der Waals surface area contributed by atoms with Crippen molar-refractivity contribution >= 4 is 6.09 Å². The minimum Gasteiger partial charge on any atom is -0.431 e. The lowest BCUT2D eigenvalue weighted by Gasteiger charge is -2.33. The van der Waals surface area contributed by atoms with Gasteiger partial charge in [-0.25, -0.2) is 4.79 Å². The van der Waals surface area contributed by atoms with Gasteiger partial charge in [0.1, 0.15) is 5.60 Å². The van der Waals surface area contributed by atoms with E-state index in [9.17, 15) is 9.90 Å². The maximum atomic E-state index is 11.7. The largest absolute Gasteiger partial charge is 0.431 e. The van der Waals surface area contributed by atoms with E-state index in [2.05, 4.69) is 5.32 Å². The van der Waals surface area contributed by atoms with Crippen LogP contribution in [0.2, 0.25) is 0 Å². The van der Waals surface area contributed by atoms with Crippen LogP contribution in [-0.2, 0) is 15.9 Å². The second kappa shape index (κ2) is 14.3. The Morgan fingerprint density at radius 3 is 1.36 bits per heavy atom. The van der Waals surface area contributed by atoms with E-state index in [1.165, 1.54) is 0 Å². The number of amides is 1. The Labute approximate surface area is 234 Å². The number of benzene rings is 4. The monoisotopic (exact) mass is 528 g/mol. The summed E-state index contributed by atoms with van der Waals surface area (Å²) in [6.45, 7) is 3.78. The van der Waals surface area contributed by atoms with Crippen LogP contribution < -0.4 is 11.1 Å². The van der Waals surface area contributed by atoms with Crippen molar-refractivity contribution in [1.29, 1.82) is 0 Å². The molecule has 1 aliphatic heterocycles. The van der Waals surface area contributed by atoms with Crippen LogP contribution in [0.15, 0.2) is 121 Å². The number of rotatable bonds is 5. The minimum atomic E-state index is -1.14. The van der Waals surface area contributed by atoms with Crippen molar-refractivity contribution in [2.45, 2.75) is 59.4 Å². The van der Waals surface area contributed by atoms with Crippen LogP contribution in [0.5, 0.6) is 0 Å². The molecule has 4 N–H and O–H groups in total. The molecule has 0 aliphatic carbocycles. The van der Waals surface area contributed by atoms with Gasteiger partial charge in [0.05, 0.1) is 6.04 Å². The molecule has 1 heterocycles. The summed E-state index contributed by atoms with van der Waals surface area (Å²) in [6, 6.07) is 38.3. The molecule has 2 atom stereocenters. The molecule has 1 amide bonds. The maximum absolute atomic E-state index is 11.7. The Morgan fingerprint density at radius 1 is 0.744 bits per heavy atom. The van der Waals surface area contributed by atoms with Crippen LogP contribution in [0, 0.1) is 0 Å². The Bertz CT molecular complexity index is 1170. The molecule has 39 heavy (non-hydrogen) atoms. The van der Waals surface area contributed by atoms with Crippen LogP contribution in [-0.4, -0.2) is 23.3 Å². The van der Waals surface area contributed by atoms with E-state index in [-0.39, 0.29) is 40.5 Å². The number of carbonyl (C=O) groups is 1. The average Bonchev–Trinajstić information content (AvgIpc) is 3.24. The number of alkyl carbamates (subject to hydrolysis) is 1. The summed E-state index contributed by atoms with van der Waals surface area (Å²) in [5.41, 5.74) is 7.70. The molecule has 4 aromatic carbocycles. The third-order valence-corrected chi connectivity index (χ3v) is 6.69. The van der Waals surface area contributed by atoms with Crippen molar-refractivity contribution in [3.05, 3.63) is 144 Å². The molecular formula is C34H44N2O3. The predicted molar refractivity (Wildman–Crippen MR) is 162 cm³/mol. The van der Waals surface area contributed by atoms with Gasteiger partial charge in [0.15, 0.2) is 5.60 Å². The maximum Gasteiger partial charge on any atom is 0.408 e. The molecule has 208 valence electrons. The Morgan fingerprint density at radius 2 is 1.08 bits per heavy atom. The third kappa shape index (κ3) is 6.56. The number of nitrogens with two attached hydrogens (primary N) is 1. The van der Waals surface area contributed by atoms with E-state index in [1.807, 2.05) is 135 Å². The summed E-state index contributed by atoms with van der Waals surface area (Å²) in [5.74, 6) is 0. The van der Waals surface area contributed by atoms with Gasteiger partial charge >= 0.3 is 6.09 Å². The first kappa shape index (κ1) is 33.1. The van der Waals surface area contributed by atoms with Crippen LogP contribution in [0.4, 0.5) is 4.79 Å². The topological polar surface area (TPSA) is 84.6 Å². The van der Waals surface area contributed by atoms with E-state index in [0.717, 1.165) is 22.3 Å². The Hall–Kier alpha value is -3.93. The number of carbonyl (C=O) groups excluding carboxylic acids is 1. The normalized spacial score (nSPS) is 15.9. The van der Waals surface area contributed by atoms with E-state index in [0.29, 0.717) is 0 Å². The molecule has 0 radical (unpaired) electrons. The highest BCUT2D eigenvalue weighted by Gasteiger charge is 2.49.